The first-order valence-electron chi connectivity index (χ1n) is 7.09. The number of aliphatic hydroxyl groups is 1. The molecule has 0 bridgehead atoms. The van der Waals surface area contributed by atoms with Gasteiger partial charge in [-0.2, -0.15) is 0 Å². The zero-order valence-corrected chi connectivity index (χ0v) is 12.5. The van der Waals surface area contributed by atoms with Gasteiger partial charge in [0.15, 0.2) is 0 Å². The van der Waals surface area contributed by atoms with E-state index in [4.69, 9.17) is 0 Å². The molecule has 3 atom stereocenters. The lowest BCUT2D eigenvalue weighted by atomic mass is 9.53. The van der Waals surface area contributed by atoms with Gasteiger partial charge in [-0.15, -0.1) is 0 Å². The quantitative estimate of drug-likeness (QED) is 0.715. The highest BCUT2D eigenvalue weighted by Crippen LogP contribution is 2.53. The van der Waals surface area contributed by atoms with E-state index in [1.54, 1.807) is 0 Å². The first kappa shape index (κ1) is 14.8. The Morgan fingerprint density at radius 1 is 1.35 bits per heavy atom. The minimum atomic E-state index is -0.633. The third-order valence-corrected chi connectivity index (χ3v) is 4.89. The standard InChI is InChI=1S/C16H30O/c1-7-13(2)16(17,14(3,4)5)15(6)11-9-8-10-12-15/h9,11,13,17H,7-8,10,12H2,1-6H3. The highest BCUT2D eigenvalue weighted by Gasteiger charge is 2.55. The fourth-order valence-corrected chi connectivity index (χ4v) is 3.79. The summed E-state index contributed by atoms with van der Waals surface area (Å²) in [4.78, 5) is 0. The Morgan fingerprint density at radius 2 is 1.94 bits per heavy atom. The lowest BCUT2D eigenvalue weighted by molar-refractivity contribution is -0.171. The van der Waals surface area contributed by atoms with Crippen LogP contribution in [-0.2, 0) is 0 Å². The molecule has 0 amide bonds. The third kappa shape index (κ3) is 2.31. The van der Waals surface area contributed by atoms with Gasteiger partial charge in [0.1, 0.15) is 0 Å². The molecule has 1 nitrogen and oxygen atoms in total. The van der Waals surface area contributed by atoms with Gasteiger partial charge in [0.25, 0.3) is 0 Å². The van der Waals surface area contributed by atoms with Crippen molar-refractivity contribution in [1.29, 1.82) is 0 Å². The first-order valence-corrected chi connectivity index (χ1v) is 7.09. The Kier molecular flexibility index (Phi) is 4.13. The second-order valence-electron chi connectivity index (χ2n) is 7.04. The molecule has 0 aromatic carbocycles. The average molecular weight is 238 g/mol. The van der Waals surface area contributed by atoms with Crippen LogP contribution in [0.15, 0.2) is 12.2 Å². The zero-order chi connectivity index (χ0) is 13.3. The molecule has 0 spiro atoms. The van der Waals surface area contributed by atoms with Crippen LogP contribution in [0.5, 0.6) is 0 Å². The van der Waals surface area contributed by atoms with Crippen LogP contribution in [0.3, 0.4) is 0 Å². The molecule has 0 radical (unpaired) electrons. The molecule has 1 heteroatoms. The Morgan fingerprint density at radius 3 is 2.29 bits per heavy atom. The van der Waals surface area contributed by atoms with Gasteiger partial charge in [0.05, 0.1) is 5.60 Å². The van der Waals surface area contributed by atoms with Crippen LogP contribution in [0.1, 0.15) is 67.2 Å². The summed E-state index contributed by atoms with van der Waals surface area (Å²) in [7, 11) is 0. The van der Waals surface area contributed by atoms with E-state index in [1.165, 1.54) is 6.42 Å². The maximum absolute atomic E-state index is 11.4. The SMILES string of the molecule is CCC(C)C(O)(C(C)(C)C)C1(C)C=CCCC1. The molecule has 17 heavy (non-hydrogen) atoms. The summed E-state index contributed by atoms with van der Waals surface area (Å²) in [6.45, 7) is 13.1. The van der Waals surface area contributed by atoms with E-state index >= 15 is 0 Å². The predicted molar refractivity (Wildman–Crippen MR) is 75.0 cm³/mol. The van der Waals surface area contributed by atoms with Crippen molar-refractivity contribution in [2.45, 2.75) is 72.8 Å². The number of hydrogen-bond donors (Lipinski definition) is 1. The highest BCUT2D eigenvalue weighted by atomic mass is 16.3. The number of hydrogen-bond acceptors (Lipinski definition) is 1. The maximum Gasteiger partial charge on any atom is 0.0808 e. The third-order valence-electron chi connectivity index (χ3n) is 4.89. The fraction of sp³-hybridized carbons (Fsp3) is 0.875. The van der Waals surface area contributed by atoms with Crippen LogP contribution in [-0.4, -0.2) is 10.7 Å². The molecule has 0 aliphatic heterocycles. The van der Waals surface area contributed by atoms with E-state index in [0.717, 1.165) is 19.3 Å². The van der Waals surface area contributed by atoms with E-state index in [9.17, 15) is 5.11 Å². The largest absolute Gasteiger partial charge is 0.388 e. The van der Waals surface area contributed by atoms with Crippen molar-refractivity contribution < 1.29 is 5.11 Å². The fourth-order valence-electron chi connectivity index (χ4n) is 3.79. The van der Waals surface area contributed by atoms with Gasteiger partial charge in [-0.1, -0.05) is 60.1 Å². The lowest BCUT2D eigenvalue weighted by Crippen LogP contribution is -2.59. The molecule has 1 N–H and O–H groups in total. The van der Waals surface area contributed by atoms with Crippen molar-refractivity contribution in [3.05, 3.63) is 12.2 Å². The Hall–Kier alpha value is -0.300. The van der Waals surface area contributed by atoms with Gasteiger partial charge in [0.2, 0.25) is 0 Å². The summed E-state index contributed by atoms with van der Waals surface area (Å²) in [5.74, 6) is 0.315. The molecule has 0 aromatic heterocycles. The molecule has 0 fully saturated rings. The summed E-state index contributed by atoms with van der Waals surface area (Å²) in [6, 6.07) is 0. The number of allylic oxidation sites excluding steroid dienone is 1. The van der Waals surface area contributed by atoms with Crippen LogP contribution >= 0.6 is 0 Å². The monoisotopic (exact) mass is 238 g/mol. The first-order chi connectivity index (χ1) is 7.69. The molecular formula is C16H30O. The van der Waals surface area contributed by atoms with Crippen molar-refractivity contribution in [3.8, 4) is 0 Å². The smallest absolute Gasteiger partial charge is 0.0808 e. The van der Waals surface area contributed by atoms with Gasteiger partial charge < -0.3 is 5.11 Å². The zero-order valence-electron chi connectivity index (χ0n) is 12.5. The normalized spacial score (nSPS) is 31.0. The Balaban J connectivity index is 3.23. The molecule has 0 aromatic rings. The minimum Gasteiger partial charge on any atom is -0.388 e. The minimum absolute atomic E-state index is 0.0844. The maximum atomic E-state index is 11.4. The van der Waals surface area contributed by atoms with Crippen molar-refractivity contribution in [2.75, 3.05) is 0 Å². The molecule has 0 heterocycles. The molecule has 0 saturated carbocycles. The van der Waals surface area contributed by atoms with Gasteiger partial charge in [-0.3, -0.25) is 0 Å². The van der Waals surface area contributed by atoms with Crippen molar-refractivity contribution >= 4 is 0 Å². The summed E-state index contributed by atoms with van der Waals surface area (Å²) < 4.78 is 0. The van der Waals surface area contributed by atoms with E-state index in [0.29, 0.717) is 5.92 Å². The summed E-state index contributed by atoms with van der Waals surface area (Å²) in [5, 5.41) is 11.4. The van der Waals surface area contributed by atoms with Gasteiger partial charge >= 0.3 is 0 Å². The second-order valence-corrected chi connectivity index (χ2v) is 7.04. The Labute approximate surface area is 107 Å². The summed E-state index contributed by atoms with van der Waals surface area (Å²) >= 11 is 0. The van der Waals surface area contributed by atoms with Crippen molar-refractivity contribution in [2.24, 2.45) is 16.7 Å². The van der Waals surface area contributed by atoms with Gasteiger partial charge in [0, 0.05) is 5.41 Å². The van der Waals surface area contributed by atoms with Crippen LogP contribution in [0.4, 0.5) is 0 Å². The van der Waals surface area contributed by atoms with E-state index in [2.05, 4.69) is 53.7 Å². The van der Waals surface area contributed by atoms with Gasteiger partial charge in [-0.25, -0.2) is 0 Å². The van der Waals surface area contributed by atoms with Crippen LogP contribution in [0, 0.1) is 16.7 Å². The van der Waals surface area contributed by atoms with Crippen LogP contribution in [0.2, 0.25) is 0 Å². The van der Waals surface area contributed by atoms with E-state index < -0.39 is 5.60 Å². The molecule has 0 saturated heterocycles. The molecule has 1 rings (SSSR count). The van der Waals surface area contributed by atoms with E-state index in [1.807, 2.05) is 0 Å². The highest BCUT2D eigenvalue weighted by molar-refractivity contribution is 5.16. The van der Waals surface area contributed by atoms with Crippen LogP contribution in [0.25, 0.3) is 0 Å². The van der Waals surface area contributed by atoms with E-state index in [-0.39, 0.29) is 10.8 Å². The summed E-state index contributed by atoms with van der Waals surface area (Å²) in [5.41, 5.74) is -0.816. The topological polar surface area (TPSA) is 20.2 Å². The molecule has 3 unspecified atom stereocenters. The van der Waals surface area contributed by atoms with Crippen LogP contribution < -0.4 is 0 Å². The number of rotatable bonds is 3. The predicted octanol–water partition coefficient (Wildman–Crippen LogP) is 4.56. The molecular weight excluding hydrogens is 208 g/mol. The summed E-state index contributed by atoms with van der Waals surface area (Å²) in [6.07, 6.45) is 9.01. The second kappa shape index (κ2) is 4.76. The molecule has 1 aliphatic rings. The van der Waals surface area contributed by atoms with Crippen molar-refractivity contribution in [3.63, 3.8) is 0 Å². The Bertz CT molecular complexity index is 286. The molecule has 100 valence electrons. The molecule has 1 aliphatic carbocycles. The van der Waals surface area contributed by atoms with Gasteiger partial charge in [-0.05, 0) is 30.6 Å². The average Bonchev–Trinajstić information content (AvgIpc) is 2.26. The van der Waals surface area contributed by atoms with Crippen molar-refractivity contribution in [1.82, 2.24) is 0 Å². The lowest BCUT2D eigenvalue weighted by Gasteiger charge is -2.55.